The van der Waals surface area contributed by atoms with Crippen LogP contribution in [0.25, 0.3) is 11.0 Å². The van der Waals surface area contributed by atoms with Crippen LogP contribution in [0.15, 0.2) is 51.4 Å². The summed E-state index contributed by atoms with van der Waals surface area (Å²) in [4.78, 5) is 23.6. The second kappa shape index (κ2) is 7.61. The van der Waals surface area contributed by atoms with Crippen LogP contribution in [-0.2, 0) is 11.3 Å². The summed E-state index contributed by atoms with van der Waals surface area (Å²) in [6.45, 7) is 2.21. The number of anilines is 1. The minimum Gasteiger partial charge on any atom is -0.453 e. The molecule has 0 aliphatic carbocycles. The Kier molecular flexibility index (Phi) is 5.27. The summed E-state index contributed by atoms with van der Waals surface area (Å²) >= 11 is 3.42. The van der Waals surface area contributed by atoms with Gasteiger partial charge in [-0.2, -0.15) is 0 Å². The Morgan fingerprint density at radius 3 is 2.58 bits per heavy atom. The number of amides is 2. The third-order valence-corrected chi connectivity index (χ3v) is 4.44. The van der Waals surface area contributed by atoms with Crippen molar-refractivity contribution in [3.05, 3.63) is 63.8 Å². The highest BCUT2D eigenvalue weighted by molar-refractivity contribution is 9.10. The highest BCUT2D eigenvalue weighted by atomic mass is 79.9. The van der Waals surface area contributed by atoms with Gasteiger partial charge in [-0.3, -0.25) is 10.1 Å². The van der Waals surface area contributed by atoms with E-state index >= 15 is 0 Å². The fourth-order valence-corrected chi connectivity index (χ4v) is 2.91. The van der Waals surface area contributed by atoms with E-state index in [4.69, 9.17) is 4.42 Å². The minimum absolute atomic E-state index is 0.272. The van der Waals surface area contributed by atoms with Gasteiger partial charge in [0.1, 0.15) is 5.58 Å². The molecule has 2 aromatic carbocycles. The second-order valence-electron chi connectivity index (χ2n) is 5.69. The zero-order chi connectivity index (χ0) is 18.7. The molecule has 0 atom stereocenters. The van der Waals surface area contributed by atoms with Gasteiger partial charge in [0.25, 0.3) is 5.91 Å². The first-order chi connectivity index (χ1) is 12.5. The number of methoxy groups -OCH3 is 1. The van der Waals surface area contributed by atoms with E-state index in [1.807, 2.05) is 37.3 Å². The first-order valence-electron chi connectivity index (χ1n) is 7.88. The molecule has 7 heteroatoms. The molecule has 134 valence electrons. The lowest BCUT2D eigenvalue weighted by molar-refractivity contribution is 0.0924. The number of ether oxygens (including phenoxy) is 1. The lowest BCUT2D eigenvalue weighted by atomic mass is 10.1. The Hall–Kier alpha value is -2.80. The first-order valence-corrected chi connectivity index (χ1v) is 8.68. The van der Waals surface area contributed by atoms with Crippen molar-refractivity contribution >= 4 is 44.6 Å². The smallest absolute Gasteiger partial charge is 0.411 e. The van der Waals surface area contributed by atoms with E-state index in [-0.39, 0.29) is 5.91 Å². The molecule has 0 aliphatic rings. The molecule has 26 heavy (non-hydrogen) atoms. The molecule has 0 fully saturated rings. The quantitative estimate of drug-likeness (QED) is 0.650. The number of furan rings is 1. The number of hydrogen-bond acceptors (Lipinski definition) is 4. The summed E-state index contributed by atoms with van der Waals surface area (Å²) < 4.78 is 11.2. The molecule has 2 amide bonds. The molecule has 0 bridgehead atoms. The number of halogens is 1. The van der Waals surface area contributed by atoms with Crippen molar-refractivity contribution in [3.63, 3.8) is 0 Å². The SMILES string of the molecule is COC(=O)Nc1ccc(CNC(=O)c2oc3ccc(Br)cc3c2C)cc1. The molecule has 0 radical (unpaired) electrons. The molecule has 0 unspecified atom stereocenters. The van der Waals surface area contributed by atoms with Gasteiger partial charge in [-0.05, 0) is 42.8 Å². The normalized spacial score (nSPS) is 10.6. The number of hydrogen-bond donors (Lipinski definition) is 2. The van der Waals surface area contributed by atoms with Crippen molar-refractivity contribution in [2.45, 2.75) is 13.5 Å². The standard InChI is InChI=1S/C19H17BrN2O4/c1-11-15-9-13(20)5-8-16(15)26-17(11)18(23)21-10-12-3-6-14(7-4-12)22-19(24)25-2/h3-9H,10H2,1-2H3,(H,21,23)(H,22,24). The van der Waals surface area contributed by atoms with E-state index < -0.39 is 6.09 Å². The van der Waals surface area contributed by atoms with Crippen LogP contribution >= 0.6 is 15.9 Å². The van der Waals surface area contributed by atoms with Gasteiger partial charge in [-0.25, -0.2) is 4.79 Å². The number of rotatable bonds is 4. The summed E-state index contributed by atoms with van der Waals surface area (Å²) in [6, 6.07) is 12.7. The monoisotopic (exact) mass is 416 g/mol. The third kappa shape index (κ3) is 3.88. The summed E-state index contributed by atoms with van der Waals surface area (Å²) in [6.07, 6.45) is -0.530. The van der Waals surface area contributed by atoms with Crippen LogP contribution in [0.1, 0.15) is 21.7 Å². The van der Waals surface area contributed by atoms with Crippen LogP contribution in [0.5, 0.6) is 0 Å². The van der Waals surface area contributed by atoms with Crippen molar-refractivity contribution in [1.29, 1.82) is 0 Å². The second-order valence-corrected chi connectivity index (χ2v) is 6.61. The molecule has 0 saturated heterocycles. The van der Waals surface area contributed by atoms with Crippen molar-refractivity contribution < 1.29 is 18.7 Å². The summed E-state index contributed by atoms with van der Waals surface area (Å²) in [5.74, 6) is 0.0358. The predicted molar refractivity (Wildman–Crippen MR) is 102 cm³/mol. The highest BCUT2D eigenvalue weighted by Gasteiger charge is 2.17. The molecule has 6 nitrogen and oxygen atoms in total. The Balaban J connectivity index is 1.67. The predicted octanol–water partition coefficient (Wildman–Crippen LogP) is 4.61. The zero-order valence-corrected chi connectivity index (χ0v) is 15.8. The van der Waals surface area contributed by atoms with Gasteiger partial charge < -0.3 is 14.5 Å². The average molecular weight is 417 g/mol. The van der Waals surface area contributed by atoms with Crippen molar-refractivity contribution in [3.8, 4) is 0 Å². The van der Waals surface area contributed by atoms with Crippen LogP contribution in [0, 0.1) is 6.92 Å². The first kappa shape index (κ1) is 18.0. The Labute approximate surface area is 158 Å². The van der Waals surface area contributed by atoms with Crippen LogP contribution in [0.3, 0.4) is 0 Å². The Morgan fingerprint density at radius 1 is 1.15 bits per heavy atom. The van der Waals surface area contributed by atoms with Crippen LogP contribution in [0.2, 0.25) is 0 Å². The van der Waals surface area contributed by atoms with Gasteiger partial charge in [-0.1, -0.05) is 28.1 Å². The molecule has 0 spiro atoms. The number of nitrogens with one attached hydrogen (secondary N) is 2. The third-order valence-electron chi connectivity index (χ3n) is 3.94. The summed E-state index contributed by atoms with van der Waals surface area (Å²) in [7, 11) is 1.30. The van der Waals surface area contributed by atoms with Crippen LogP contribution in [0.4, 0.5) is 10.5 Å². The topological polar surface area (TPSA) is 80.6 Å². The minimum atomic E-state index is -0.530. The largest absolute Gasteiger partial charge is 0.453 e. The van der Waals surface area contributed by atoms with Gasteiger partial charge in [0.05, 0.1) is 7.11 Å². The number of benzene rings is 2. The number of carbonyl (C=O) groups excluding carboxylic acids is 2. The van der Waals surface area contributed by atoms with Crippen molar-refractivity contribution in [1.82, 2.24) is 5.32 Å². The molecular formula is C19H17BrN2O4. The lowest BCUT2D eigenvalue weighted by Crippen LogP contribution is -2.23. The maximum Gasteiger partial charge on any atom is 0.411 e. The van der Waals surface area contributed by atoms with Crippen LogP contribution in [-0.4, -0.2) is 19.1 Å². The van der Waals surface area contributed by atoms with E-state index in [0.717, 1.165) is 21.0 Å². The molecule has 0 saturated carbocycles. The van der Waals surface area contributed by atoms with Gasteiger partial charge in [0.15, 0.2) is 5.76 Å². The molecule has 1 heterocycles. The van der Waals surface area contributed by atoms with E-state index in [2.05, 4.69) is 31.3 Å². The molecule has 3 rings (SSSR count). The Morgan fingerprint density at radius 2 is 1.88 bits per heavy atom. The fraction of sp³-hybridized carbons (Fsp3) is 0.158. The highest BCUT2D eigenvalue weighted by Crippen LogP contribution is 2.28. The summed E-state index contributed by atoms with van der Waals surface area (Å²) in [5.41, 5.74) is 2.99. The summed E-state index contributed by atoms with van der Waals surface area (Å²) in [5, 5.41) is 6.32. The molecule has 2 N–H and O–H groups in total. The lowest BCUT2D eigenvalue weighted by Gasteiger charge is -2.06. The van der Waals surface area contributed by atoms with Crippen molar-refractivity contribution in [2.75, 3.05) is 12.4 Å². The maximum absolute atomic E-state index is 12.5. The Bertz CT molecular complexity index is 964. The van der Waals surface area contributed by atoms with Crippen LogP contribution < -0.4 is 10.6 Å². The zero-order valence-electron chi connectivity index (χ0n) is 14.3. The van der Waals surface area contributed by atoms with Crippen molar-refractivity contribution in [2.24, 2.45) is 0 Å². The number of aryl methyl sites for hydroxylation is 1. The molecule has 0 aliphatic heterocycles. The van der Waals surface area contributed by atoms with E-state index in [0.29, 0.717) is 23.6 Å². The number of fused-ring (bicyclic) bond motifs is 1. The average Bonchev–Trinajstić information content (AvgIpc) is 2.97. The van der Waals surface area contributed by atoms with Gasteiger partial charge in [0.2, 0.25) is 0 Å². The van der Waals surface area contributed by atoms with E-state index in [1.165, 1.54) is 7.11 Å². The maximum atomic E-state index is 12.5. The van der Waals surface area contributed by atoms with Gasteiger partial charge in [0, 0.05) is 27.7 Å². The molecular weight excluding hydrogens is 400 g/mol. The van der Waals surface area contributed by atoms with Gasteiger partial charge in [-0.15, -0.1) is 0 Å². The number of carbonyl (C=O) groups is 2. The molecule has 3 aromatic rings. The molecule has 1 aromatic heterocycles. The van der Waals surface area contributed by atoms with Gasteiger partial charge >= 0.3 is 6.09 Å². The van der Waals surface area contributed by atoms with E-state index in [1.54, 1.807) is 12.1 Å². The fourth-order valence-electron chi connectivity index (χ4n) is 2.55. The van der Waals surface area contributed by atoms with E-state index in [9.17, 15) is 9.59 Å².